The molecule has 2 N–H and O–H groups in total. The van der Waals surface area contributed by atoms with Gasteiger partial charge in [-0.3, -0.25) is 14.5 Å². The van der Waals surface area contributed by atoms with Crippen molar-refractivity contribution < 1.29 is 17.9 Å². The molecule has 4 rings (SSSR count). The van der Waals surface area contributed by atoms with Gasteiger partial charge in [-0.2, -0.15) is 0 Å². The second-order valence-corrected chi connectivity index (χ2v) is 11.0. The Morgan fingerprint density at radius 2 is 1.86 bits per heavy atom. The van der Waals surface area contributed by atoms with E-state index in [-0.39, 0.29) is 18.0 Å². The van der Waals surface area contributed by atoms with Crippen LogP contribution in [0.2, 0.25) is 0 Å². The summed E-state index contributed by atoms with van der Waals surface area (Å²) in [5.74, 6) is 0.348. The Labute approximate surface area is 203 Å². The lowest BCUT2D eigenvalue weighted by Gasteiger charge is -2.23. The second kappa shape index (κ2) is 9.53. The summed E-state index contributed by atoms with van der Waals surface area (Å²) >= 11 is 0. The molecule has 35 heavy (non-hydrogen) atoms. The van der Waals surface area contributed by atoms with Gasteiger partial charge in [-0.15, -0.1) is 0 Å². The molecule has 0 aliphatic heterocycles. The standard InChI is InChI=1S/C23H27N7O4S/c1-14(2)34-20-13-24-12-17(27-20)15-5-8-19(26-11-15)29-21(31)23(3,4)18-9-10-25-22(28-18)30-35(32,33)16-6-7-16/h5,8-14,16H,6-7H2,1-4H3,(H,25,28,30)(H,26,29,31). The Hall–Kier alpha value is -3.67. The molecule has 0 atom stereocenters. The van der Waals surface area contributed by atoms with E-state index in [1.54, 1.807) is 50.6 Å². The Morgan fingerprint density at radius 3 is 2.51 bits per heavy atom. The summed E-state index contributed by atoms with van der Waals surface area (Å²) in [5.41, 5.74) is 0.590. The van der Waals surface area contributed by atoms with Crippen molar-refractivity contribution in [2.45, 2.75) is 57.3 Å². The van der Waals surface area contributed by atoms with Crippen LogP contribution in [0, 0.1) is 0 Å². The number of hydrogen-bond acceptors (Lipinski definition) is 9. The normalized spacial score (nSPS) is 14.0. The maximum Gasteiger partial charge on any atom is 0.237 e. The maximum atomic E-state index is 13.1. The molecule has 1 fully saturated rings. The largest absolute Gasteiger partial charge is 0.474 e. The molecule has 1 amide bonds. The highest BCUT2D eigenvalue weighted by Crippen LogP contribution is 2.30. The molecule has 0 spiro atoms. The van der Waals surface area contributed by atoms with Gasteiger partial charge >= 0.3 is 0 Å². The van der Waals surface area contributed by atoms with Gasteiger partial charge in [0, 0.05) is 18.0 Å². The topological polar surface area (TPSA) is 149 Å². The molecule has 3 heterocycles. The van der Waals surface area contributed by atoms with E-state index in [9.17, 15) is 13.2 Å². The van der Waals surface area contributed by atoms with Gasteiger partial charge in [-0.25, -0.2) is 28.4 Å². The number of hydrogen-bond donors (Lipinski definition) is 2. The molecule has 0 unspecified atom stereocenters. The zero-order valence-electron chi connectivity index (χ0n) is 19.9. The first-order chi connectivity index (χ1) is 16.5. The van der Waals surface area contributed by atoms with Gasteiger partial charge < -0.3 is 10.1 Å². The first-order valence-corrected chi connectivity index (χ1v) is 12.7. The lowest BCUT2D eigenvalue weighted by atomic mass is 9.88. The van der Waals surface area contributed by atoms with Crippen molar-refractivity contribution in [1.82, 2.24) is 24.9 Å². The highest BCUT2D eigenvalue weighted by atomic mass is 32.2. The van der Waals surface area contributed by atoms with Crippen LogP contribution in [-0.4, -0.2) is 50.6 Å². The summed E-state index contributed by atoms with van der Waals surface area (Å²) in [7, 11) is -3.51. The van der Waals surface area contributed by atoms with E-state index in [1.807, 2.05) is 13.8 Å². The minimum Gasteiger partial charge on any atom is -0.474 e. The van der Waals surface area contributed by atoms with Gasteiger partial charge in [0.15, 0.2) is 0 Å². The fraction of sp³-hybridized carbons (Fsp3) is 0.391. The number of rotatable bonds is 9. The zero-order valence-corrected chi connectivity index (χ0v) is 20.7. The number of pyridine rings is 1. The number of nitrogens with one attached hydrogen (secondary N) is 2. The summed E-state index contributed by atoms with van der Waals surface area (Å²) in [6.45, 7) is 7.19. The van der Waals surface area contributed by atoms with Gasteiger partial charge in [-0.1, -0.05) is 0 Å². The molecule has 3 aromatic rings. The van der Waals surface area contributed by atoms with E-state index in [4.69, 9.17) is 4.74 Å². The lowest BCUT2D eigenvalue weighted by Crippen LogP contribution is -2.36. The van der Waals surface area contributed by atoms with Crippen LogP contribution in [0.3, 0.4) is 0 Å². The van der Waals surface area contributed by atoms with Crippen molar-refractivity contribution in [3.05, 3.63) is 48.7 Å². The molecule has 0 aromatic carbocycles. The first kappa shape index (κ1) is 24.5. The Kier molecular flexibility index (Phi) is 6.66. The maximum absolute atomic E-state index is 13.1. The molecule has 11 nitrogen and oxygen atoms in total. The van der Waals surface area contributed by atoms with Crippen LogP contribution >= 0.6 is 0 Å². The second-order valence-electron chi connectivity index (χ2n) is 9.03. The number of amides is 1. The molecule has 0 saturated heterocycles. The van der Waals surface area contributed by atoms with Crippen LogP contribution in [0.15, 0.2) is 43.0 Å². The van der Waals surface area contributed by atoms with Crippen molar-refractivity contribution in [2.24, 2.45) is 0 Å². The van der Waals surface area contributed by atoms with Crippen LogP contribution in [0.25, 0.3) is 11.3 Å². The van der Waals surface area contributed by atoms with Gasteiger partial charge in [-0.05, 0) is 58.7 Å². The Bertz CT molecular complexity index is 1320. The Morgan fingerprint density at radius 1 is 1.09 bits per heavy atom. The molecule has 1 saturated carbocycles. The van der Waals surface area contributed by atoms with E-state index < -0.39 is 20.7 Å². The zero-order chi connectivity index (χ0) is 25.2. The molecule has 0 radical (unpaired) electrons. The number of aromatic nitrogens is 5. The molecule has 184 valence electrons. The van der Waals surface area contributed by atoms with Crippen molar-refractivity contribution in [2.75, 3.05) is 10.0 Å². The number of anilines is 2. The number of ether oxygens (including phenoxy) is 1. The van der Waals surface area contributed by atoms with Crippen molar-refractivity contribution >= 4 is 27.7 Å². The van der Waals surface area contributed by atoms with Crippen molar-refractivity contribution in [1.29, 1.82) is 0 Å². The third-order valence-corrected chi connectivity index (χ3v) is 7.15. The van der Waals surface area contributed by atoms with E-state index in [1.165, 1.54) is 6.20 Å². The summed E-state index contributed by atoms with van der Waals surface area (Å²) < 4.78 is 32.4. The highest BCUT2D eigenvalue weighted by Gasteiger charge is 2.37. The molecule has 0 bridgehead atoms. The third-order valence-electron chi connectivity index (χ3n) is 5.33. The summed E-state index contributed by atoms with van der Waals surface area (Å²) in [4.78, 5) is 34.2. The smallest absolute Gasteiger partial charge is 0.237 e. The third kappa shape index (κ3) is 5.88. The molecular formula is C23H27N7O4S. The molecule has 1 aliphatic carbocycles. The molecular weight excluding hydrogens is 470 g/mol. The lowest BCUT2D eigenvalue weighted by molar-refractivity contribution is -0.120. The fourth-order valence-corrected chi connectivity index (χ4v) is 4.41. The average molecular weight is 498 g/mol. The number of carbonyl (C=O) groups is 1. The summed E-state index contributed by atoms with van der Waals surface area (Å²) in [6, 6.07) is 5.01. The monoisotopic (exact) mass is 497 g/mol. The number of sulfonamides is 1. The van der Waals surface area contributed by atoms with Crippen LogP contribution < -0.4 is 14.8 Å². The number of carbonyl (C=O) groups excluding carboxylic acids is 1. The average Bonchev–Trinajstić information content (AvgIpc) is 3.66. The molecule has 3 aromatic heterocycles. The summed E-state index contributed by atoms with van der Waals surface area (Å²) in [5, 5.41) is 2.38. The molecule has 12 heteroatoms. The van der Waals surface area contributed by atoms with Crippen molar-refractivity contribution in [3.8, 4) is 17.1 Å². The van der Waals surface area contributed by atoms with E-state index in [0.29, 0.717) is 41.5 Å². The summed E-state index contributed by atoms with van der Waals surface area (Å²) in [6.07, 6.45) is 7.38. The predicted molar refractivity (Wildman–Crippen MR) is 130 cm³/mol. The SMILES string of the molecule is CC(C)Oc1cncc(-c2ccc(NC(=O)C(C)(C)c3ccnc(NS(=O)(=O)C4CC4)n3)nc2)n1. The first-order valence-electron chi connectivity index (χ1n) is 11.2. The van der Waals surface area contributed by atoms with E-state index in [2.05, 4.69) is 35.0 Å². The minimum absolute atomic E-state index is 0.0250. The van der Waals surface area contributed by atoms with Gasteiger partial charge in [0.1, 0.15) is 5.82 Å². The van der Waals surface area contributed by atoms with Gasteiger partial charge in [0.2, 0.25) is 27.8 Å². The quantitative estimate of drug-likeness (QED) is 0.455. The van der Waals surface area contributed by atoms with Crippen LogP contribution in [-0.2, 0) is 20.2 Å². The van der Waals surface area contributed by atoms with Gasteiger partial charge in [0.25, 0.3) is 0 Å². The predicted octanol–water partition coefficient (Wildman–Crippen LogP) is 2.94. The minimum atomic E-state index is -3.51. The molecule has 1 aliphatic rings. The van der Waals surface area contributed by atoms with E-state index in [0.717, 1.165) is 0 Å². The van der Waals surface area contributed by atoms with Crippen LogP contribution in [0.1, 0.15) is 46.2 Å². The number of nitrogens with zero attached hydrogens (tertiary/aromatic N) is 5. The fourth-order valence-electron chi connectivity index (χ4n) is 3.14. The van der Waals surface area contributed by atoms with E-state index >= 15 is 0 Å². The van der Waals surface area contributed by atoms with Crippen LogP contribution in [0.4, 0.5) is 11.8 Å². The van der Waals surface area contributed by atoms with Crippen molar-refractivity contribution in [3.63, 3.8) is 0 Å². The Balaban J connectivity index is 1.46. The highest BCUT2D eigenvalue weighted by molar-refractivity contribution is 7.93. The van der Waals surface area contributed by atoms with Crippen LogP contribution in [0.5, 0.6) is 5.88 Å². The van der Waals surface area contributed by atoms with Gasteiger partial charge in [0.05, 0.1) is 40.6 Å².